The largest absolute Gasteiger partial charge is 0.481 e. The highest BCUT2D eigenvalue weighted by Crippen LogP contribution is 2.50. The van der Waals surface area contributed by atoms with E-state index in [2.05, 4.69) is 6.92 Å². The van der Waals surface area contributed by atoms with Gasteiger partial charge in [-0.2, -0.15) is 0 Å². The molecule has 0 spiro atoms. The van der Waals surface area contributed by atoms with Crippen LogP contribution in [0.3, 0.4) is 0 Å². The monoisotopic (exact) mass is 176 g/mol. The summed E-state index contributed by atoms with van der Waals surface area (Å²) < 4.78 is 0.927. The molecule has 0 aromatic heterocycles. The molecule has 2 heteroatoms. The zero-order chi connectivity index (χ0) is 9.05. The van der Waals surface area contributed by atoms with E-state index < -0.39 is 0 Å². The van der Waals surface area contributed by atoms with Crippen molar-refractivity contribution in [2.45, 2.75) is 26.2 Å². The molecule has 4 fully saturated rings. The molecule has 0 aromatic carbocycles. The minimum absolute atomic E-state index is 0.927. The molecule has 2 radical (unpaired) electrons. The second-order valence-corrected chi connectivity index (χ2v) is 5.70. The summed E-state index contributed by atoms with van der Waals surface area (Å²) in [7, 11) is 6.38. The number of hydrogen-bond donors (Lipinski definition) is 0. The molecule has 0 aromatic rings. The van der Waals surface area contributed by atoms with Crippen LogP contribution in [0.1, 0.15) is 26.2 Å². The van der Waals surface area contributed by atoms with Gasteiger partial charge in [-0.15, -0.1) is 0 Å². The van der Waals surface area contributed by atoms with Crippen LogP contribution in [-0.2, 0) is 0 Å². The molecule has 1 saturated carbocycles. The summed E-state index contributed by atoms with van der Waals surface area (Å²) in [6.45, 7) is 6.21. The lowest BCUT2D eigenvalue weighted by molar-refractivity contribution is -0.853. The molecular weight excluding hydrogens is 157 g/mol. The van der Waals surface area contributed by atoms with Gasteiger partial charge in [0.15, 0.2) is 0 Å². The third-order valence-corrected chi connectivity index (χ3v) is 4.77. The summed E-state index contributed by atoms with van der Waals surface area (Å²) in [5.41, 5.74) is 0. The van der Waals surface area contributed by atoms with Crippen LogP contribution in [0, 0.1) is 23.7 Å². The standard InChI is InChI=1S/C11H19BN/c1-2-11-9-3-8-4-10(11)7-13(12,5-8)6-9/h8-11H,2-7H2,1H3/q+1. The Kier molecular flexibility index (Phi) is 1.63. The molecule has 3 saturated heterocycles. The first-order valence-corrected chi connectivity index (χ1v) is 5.85. The highest BCUT2D eigenvalue weighted by Gasteiger charge is 2.53. The highest BCUT2D eigenvalue weighted by molar-refractivity contribution is 5.97. The summed E-state index contributed by atoms with van der Waals surface area (Å²) >= 11 is 0. The Labute approximate surface area is 82.5 Å². The van der Waals surface area contributed by atoms with Crippen LogP contribution in [0.2, 0.25) is 0 Å². The predicted octanol–water partition coefficient (Wildman–Crippen LogP) is 1.58. The summed E-state index contributed by atoms with van der Waals surface area (Å²) in [6, 6.07) is 0. The second-order valence-electron chi connectivity index (χ2n) is 5.70. The topological polar surface area (TPSA) is 0 Å². The van der Waals surface area contributed by atoms with Gasteiger partial charge in [-0.05, 0) is 18.8 Å². The first kappa shape index (κ1) is 8.34. The van der Waals surface area contributed by atoms with Gasteiger partial charge in [-0.1, -0.05) is 13.3 Å². The van der Waals surface area contributed by atoms with E-state index in [-0.39, 0.29) is 0 Å². The minimum atomic E-state index is 0.927. The zero-order valence-electron chi connectivity index (χ0n) is 8.58. The van der Waals surface area contributed by atoms with Crippen molar-refractivity contribution in [3.05, 3.63) is 0 Å². The van der Waals surface area contributed by atoms with Crippen LogP contribution < -0.4 is 0 Å². The number of rotatable bonds is 1. The molecule has 2 unspecified atom stereocenters. The van der Waals surface area contributed by atoms with Gasteiger partial charge in [0.2, 0.25) is 0 Å². The van der Waals surface area contributed by atoms with Crippen molar-refractivity contribution in [3.8, 4) is 0 Å². The average Bonchev–Trinajstić information content (AvgIpc) is 2.00. The Balaban J connectivity index is 1.90. The first-order valence-electron chi connectivity index (χ1n) is 5.85. The van der Waals surface area contributed by atoms with Crippen LogP contribution in [0.15, 0.2) is 0 Å². The first-order chi connectivity index (χ1) is 6.20. The molecular formula is C11H19BN+. The molecule has 0 N–H and O–H groups in total. The van der Waals surface area contributed by atoms with Crippen LogP contribution in [0.5, 0.6) is 0 Å². The Morgan fingerprint density at radius 2 is 1.77 bits per heavy atom. The molecule has 70 valence electrons. The lowest BCUT2D eigenvalue weighted by atomic mass is 9.59. The van der Waals surface area contributed by atoms with E-state index in [0.29, 0.717) is 0 Å². The van der Waals surface area contributed by atoms with Crippen molar-refractivity contribution >= 4 is 7.98 Å². The van der Waals surface area contributed by atoms with Crippen molar-refractivity contribution in [3.63, 3.8) is 0 Å². The van der Waals surface area contributed by atoms with E-state index in [1.165, 1.54) is 38.9 Å². The van der Waals surface area contributed by atoms with Gasteiger partial charge in [0.1, 0.15) is 0 Å². The van der Waals surface area contributed by atoms with Crippen LogP contribution in [0.25, 0.3) is 0 Å². The molecule has 1 aliphatic carbocycles. The van der Waals surface area contributed by atoms with E-state index in [1.807, 2.05) is 0 Å². The molecule has 1 nitrogen and oxygen atoms in total. The molecule has 0 amide bonds. The van der Waals surface area contributed by atoms with Gasteiger partial charge in [-0.25, -0.2) is 0 Å². The van der Waals surface area contributed by atoms with Crippen molar-refractivity contribution in [1.82, 2.24) is 0 Å². The van der Waals surface area contributed by atoms with Crippen molar-refractivity contribution in [2.24, 2.45) is 23.7 Å². The molecule has 4 aliphatic rings. The summed E-state index contributed by atoms with van der Waals surface area (Å²) in [5.74, 6) is 3.94. The fourth-order valence-electron chi connectivity index (χ4n) is 4.59. The lowest BCUT2D eigenvalue weighted by Gasteiger charge is -2.60. The predicted molar refractivity (Wildman–Crippen MR) is 54.1 cm³/mol. The van der Waals surface area contributed by atoms with Crippen LogP contribution in [-0.4, -0.2) is 32.0 Å². The van der Waals surface area contributed by atoms with Gasteiger partial charge < -0.3 is 4.39 Å². The third-order valence-electron chi connectivity index (χ3n) is 4.77. The fourth-order valence-corrected chi connectivity index (χ4v) is 4.59. The maximum absolute atomic E-state index is 6.38. The molecule has 4 bridgehead atoms. The maximum Gasteiger partial charge on any atom is 0.481 e. The fraction of sp³-hybridized carbons (Fsp3) is 1.00. The third kappa shape index (κ3) is 1.11. The Hall–Kier alpha value is 0.0249. The molecule has 4 rings (SSSR count). The lowest BCUT2D eigenvalue weighted by Crippen LogP contribution is -2.67. The Bertz CT molecular complexity index is 212. The van der Waals surface area contributed by atoms with Crippen LogP contribution >= 0.6 is 0 Å². The van der Waals surface area contributed by atoms with Gasteiger partial charge in [-0.3, -0.25) is 0 Å². The van der Waals surface area contributed by atoms with Gasteiger partial charge in [0.25, 0.3) is 0 Å². The number of quaternary nitrogens is 1. The average molecular weight is 176 g/mol. The quantitative estimate of drug-likeness (QED) is 0.532. The molecule has 13 heavy (non-hydrogen) atoms. The zero-order valence-corrected chi connectivity index (χ0v) is 8.58. The number of nitrogens with zero attached hydrogens (tertiary/aromatic N) is 1. The van der Waals surface area contributed by atoms with Gasteiger partial charge in [0.05, 0.1) is 19.6 Å². The second kappa shape index (κ2) is 2.53. The van der Waals surface area contributed by atoms with E-state index in [0.717, 1.165) is 28.1 Å². The smallest absolute Gasteiger partial charge is 0.396 e. The van der Waals surface area contributed by atoms with E-state index in [1.54, 1.807) is 0 Å². The van der Waals surface area contributed by atoms with E-state index in [9.17, 15) is 0 Å². The molecule has 3 heterocycles. The molecule has 2 atom stereocenters. The number of piperidine rings is 3. The SMILES string of the molecule is [B][N+]12CC3CC(C1)C(CC)C(C3)C2. The van der Waals surface area contributed by atoms with E-state index in [4.69, 9.17) is 7.98 Å². The molecule has 3 aliphatic heterocycles. The van der Waals surface area contributed by atoms with Crippen molar-refractivity contribution in [2.75, 3.05) is 19.6 Å². The highest BCUT2D eigenvalue weighted by atomic mass is 15.3. The Morgan fingerprint density at radius 1 is 1.15 bits per heavy atom. The minimum Gasteiger partial charge on any atom is -0.396 e. The van der Waals surface area contributed by atoms with Crippen molar-refractivity contribution in [1.29, 1.82) is 0 Å². The van der Waals surface area contributed by atoms with Gasteiger partial charge in [0, 0.05) is 17.8 Å². The maximum atomic E-state index is 6.38. The number of hydrogen-bond acceptors (Lipinski definition) is 0. The van der Waals surface area contributed by atoms with E-state index >= 15 is 0 Å². The van der Waals surface area contributed by atoms with Crippen LogP contribution in [0.4, 0.5) is 0 Å². The van der Waals surface area contributed by atoms with Crippen molar-refractivity contribution < 1.29 is 4.39 Å². The van der Waals surface area contributed by atoms with Gasteiger partial charge >= 0.3 is 7.98 Å². The summed E-state index contributed by atoms with van der Waals surface area (Å²) in [6.07, 6.45) is 4.38. The Morgan fingerprint density at radius 3 is 2.23 bits per heavy atom. The summed E-state index contributed by atoms with van der Waals surface area (Å²) in [4.78, 5) is 0. The normalized spacial score (nSPS) is 58.5. The summed E-state index contributed by atoms with van der Waals surface area (Å²) in [5, 5.41) is 0.